The molecule has 4 heteroatoms. The van der Waals surface area contributed by atoms with Gasteiger partial charge in [-0.1, -0.05) is 0 Å². The average Bonchev–Trinajstić information content (AvgIpc) is 2.65. The molecule has 2 heterocycles. The number of hydrogen-bond acceptors (Lipinski definition) is 4. The molecule has 0 radical (unpaired) electrons. The normalized spacial score (nSPS) is 34.4. The van der Waals surface area contributed by atoms with E-state index in [4.69, 9.17) is 14.2 Å². The van der Waals surface area contributed by atoms with Gasteiger partial charge in [0.2, 0.25) is 0 Å². The summed E-state index contributed by atoms with van der Waals surface area (Å²) in [4.78, 5) is 0. The van der Waals surface area contributed by atoms with Crippen molar-refractivity contribution < 1.29 is 14.2 Å². The molecule has 0 aliphatic carbocycles. The van der Waals surface area contributed by atoms with Crippen molar-refractivity contribution in [1.29, 1.82) is 0 Å². The lowest BCUT2D eigenvalue weighted by Crippen LogP contribution is -2.55. The maximum atomic E-state index is 5.93. The largest absolute Gasteiger partial charge is 0.383 e. The summed E-state index contributed by atoms with van der Waals surface area (Å²) in [5, 5.41) is 3.69. The Labute approximate surface area is 104 Å². The fraction of sp³-hybridized carbons (Fsp3) is 1.00. The first-order chi connectivity index (χ1) is 8.05. The molecule has 1 N–H and O–H groups in total. The highest BCUT2D eigenvalue weighted by molar-refractivity contribution is 4.95. The molecule has 2 unspecified atom stereocenters. The van der Waals surface area contributed by atoms with Crippen LogP contribution in [0.2, 0.25) is 0 Å². The quantitative estimate of drug-likeness (QED) is 0.809. The van der Waals surface area contributed by atoms with Gasteiger partial charge in [-0.15, -0.1) is 0 Å². The van der Waals surface area contributed by atoms with Crippen LogP contribution in [-0.4, -0.2) is 50.7 Å². The van der Waals surface area contributed by atoms with Crippen LogP contribution in [0, 0.1) is 0 Å². The molecule has 100 valence electrons. The Morgan fingerprint density at radius 2 is 2.24 bits per heavy atom. The molecule has 2 rings (SSSR count). The Bertz CT molecular complexity index is 249. The molecule has 0 aromatic heterocycles. The number of rotatable bonds is 4. The van der Waals surface area contributed by atoms with E-state index in [9.17, 15) is 0 Å². The molecule has 2 saturated heterocycles. The molecule has 2 fully saturated rings. The van der Waals surface area contributed by atoms with E-state index in [1.165, 1.54) is 0 Å². The fourth-order valence-electron chi connectivity index (χ4n) is 2.97. The highest BCUT2D eigenvalue weighted by Gasteiger charge is 2.41. The minimum Gasteiger partial charge on any atom is -0.383 e. The third-order valence-corrected chi connectivity index (χ3v) is 3.66. The zero-order chi connectivity index (χ0) is 12.4. The molecule has 1 spiro atoms. The highest BCUT2D eigenvalue weighted by Crippen LogP contribution is 2.33. The van der Waals surface area contributed by atoms with E-state index in [1.54, 1.807) is 7.11 Å². The van der Waals surface area contributed by atoms with Crippen LogP contribution in [0.15, 0.2) is 0 Å². The van der Waals surface area contributed by atoms with Gasteiger partial charge < -0.3 is 19.5 Å². The summed E-state index contributed by atoms with van der Waals surface area (Å²) in [5.41, 5.74) is 0.0104. The van der Waals surface area contributed by atoms with Crippen molar-refractivity contribution in [2.24, 2.45) is 0 Å². The molecule has 2 aliphatic heterocycles. The number of nitrogens with one attached hydrogen (secondary N) is 1. The van der Waals surface area contributed by atoms with Gasteiger partial charge in [0.15, 0.2) is 0 Å². The van der Waals surface area contributed by atoms with E-state index in [-0.39, 0.29) is 11.1 Å². The third kappa shape index (κ3) is 3.41. The van der Waals surface area contributed by atoms with Crippen LogP contribution < -0.4 is 5.32 Å². The molecular formula is C13H25NO3. The predicted molar refractivity (Wildman–Crippen MR) is 66.2 cm³/mol. The SMILES string of the molecule is COCC(C)(C)NC1CCOC2(CCOC2)C1. The van der Waals surface area contributed by atoms with Crippen molar-refractivity contribution in [2.75, 3.05) is 33.5 Å². The van der Waals surface area contributed by atoms with Gasteiger partial charge in [-0.05, 0) is 26.7 Å². The van der Waals surface area contributed by atoms with E-state index in [0.29, 0.717) is 6.04 Å². The molecule has 0 saturated carbocycles. The van der Waals surface area contributed by atoms with Gasteiger partial charge in [-0.25, -0.2) is 0 Å². The predicted octanol–water partition coefficient (Wildman–Crippen LogP) is 1.34. The van der Waals surface area contributed by atoms with Crippen molar-refractivity contribution in [1.82, 2.24) is 5.32 Å². The first kappa shape index (κ1) is 13.3. The lowest BCUT2D eigenvalue weighted by atomic mass is 9.88. The smallest absolute Gasteiger partial charge is 0.0951 e. The monoisotopic (exact) mass is 243 g/mol. The van der Waals surface area contributed by atoms with Crippen molar-refractivity contribution in [2.45, 2.75) is 50.3 Å². The second-order valence-electron chi connectivity index (χ2n) is 5.99. The Morgan fingerprint density at radius 3 is 2.88 bits per heavy atom. The molecule has 17 heavy (non-hydrogen) atoms. The van der Waals surface area contributed by atoms with Crippen LogP contribution in [0.4, 0.5) is 0 Å². The van der Waals surface area contributed by atoms with Crippen molar-refractivity contribution >= 4 is 0 Å². The van der Waals surface area contributed by atoms with E-state index < -0.39 is 0 Å². The maximum absolute atomic E-state index is 5.93. The number of methoxy groups -OCH3 is 1. The van der Waals surface area contributed by atoms with Crippen molar-refractivity contribution in [3.8, 4) is 0 Å². The Balaban J connectivity index is 1.89. The van der Waals surface area contributed by atoms with Crippen LogP contribution in [0.25, 0.3) is 0 Å². The summed E-state index contributed by atoms with van der Waals surface area (Å²) in [7, 11) is 1.75. The summed E-state index contributed by atoms with van der Waals surface area (Å²) in [6, 6.07) is 0.510. The van der Waals surface area contributed by atoms with E-state index in [0.717, 1.165) is 45.7 Å². The van der Waals surface area contributed by atoms with Crippen LogP contribution in [0.3, 0.4) is 0 Å². The van der Waals surface area contributed by atoms with E-state index in [2.05, 4.69) is 19.2 Å². The van der Waals surface area contributed by atoms with Crippen LogP contribution in [0.1, 0.15) is 33.1 Å². The molecule has 4 nitrogen and oxygen atoms in total. The number of ether oxygens (including phenoxy) is 3. The second kappa shape index (κ2) is 5.22. The Hall–Kier alpha value is -0.160. The summed E-state index contributed by atoms with van der Waals surface area (Å²) in [5.74, 6) is 0. The zero-order valence-corrected chi connectivity index (χ0v) is 11.3. The lowest BCUT2D eigenvalue weighted by Gasteiger charge is -2.40. The average molecular weight is 243 g/mol. The first-order valence-electron chi connectivity index (χ1n) is 6.54. The van der Waals surface area contributed by atoms with Crippen molar-refractivity contribution in [3.63, 3.8) is 0 Å². The molecule has 0 aromatic carbocycles. The third-order valence-electron chi connectivity index (χ3n) is 3.66. The minimum absolute atomic E-state index is 0.0148. The summed E-state index contributed by atoms with van der Waals surface area (Å²) >= 11 is 0. The van der Waals surface area contributed by atoms with E-state index in [1.807, 2.05) is 0 Å². The van der Waals surface area contributed by atoms with Crippen molar-refractivity contribution in [3.05, 3.63) is 0 Å². The van der Waals surface area contributed by atoms with Gasteiger partial charge in [0, 0.05) is 38.3 Å². The zero-order valence-electron chi connectivity index (χ0n) is 11.3. The van der Waals surface area contributed by atoms with E-state index >= 15 is 0 Å². The summed E-state index contributed by atoms with van der Waals surface area (Å²) < 4.78 is 16.7. The molecule has 0 amide bonds. The van der Waals surface area contributed by atoms with Gasteiger partial charge in [0.1, 0.15) is 0 Å². The topological polar surface area (TPSA) is 39.7 Å². The Kier molecular flexibility index (Phi) is 4.08. The molecule has 0 bridgehead atoms. The molecule has 2 atom stereocenters. The molecular weight excluding hydrogens is 218 g/mol. The summed E-state index contributed by atoms with van der Waals surface area (Å²) in [6.45, 7) is 7.54. The van der Waals surface area contributed by atoms with Crippen LogP contribution in [-0.2, 0) is 14.2 Å². The summed E-state index contributed by atoms with van der Waals surface area (Å²) in [6.07, 6.45) is 3.17. The van der Waals surface area contributed by atoms with Gasteiger partial charge in [0.05, 0.1) is 18.8 Å². The fourth-order valence-corrected chi connectivity index (χ4v) is 2.97. The standard InChI is InChI=1S/C13H25NO3/c1-12(2,9-15-3)14-11-4-6-17-13(8-11)5-7-16-10-13/h11,14H,4-10H2,1-3H3. The lowest BCUT2D eigenvalue weighted by molar-refractivity contribution is -0.0928. The van der Waals surface area contributed by atoms with Gasteiger partial charge in [-0.3, -0.25) is 0 Å². The molecule has 0 aromatic rings. The van der Waals surface area contributed by atoms with Crippen LogP contribution in [0.5, 0.6) is 0 Å². The first-order valence-corrected chi connectivity index (χ1v) is 6.54. The minimum atomic E-state index is -0.0148. The second-order valence-corrected chi connectivity index (χ2v) is 5.99. The number of hydrogen-bond donors (Lipinski definition) is 1. The van der Waals surface area contributed by atoms with Gasteiger partial charge in [-0.2, -0.15) is 0 Å². The van der Waals surface area contributed by atoms with Gasteiger partial charge >= 0.3 is 0 Å². The Morgan fingerprint density at radius 1 is 1.41 bits per heavy atom. The maximum Gasteiger partial charge on any atom is 0.0951 e. The molecule has 2 aliphatic rings. The highest BCUT2D eigenvalue weighted by atomic mass is 16.6. The van der Waals surface area contributed by atoms with Gasteiger partial charge in [0.25, 0.3) is 0 Å². The van der Waals surface area contributed by atoms with Crippen LogP contribution >= 0.6 is 0 Å².